The molecule has 106 valence electrons. The first-order chi connectivity index (χ1) is 8.83. The van der Waals surface area contributed by atoms with Crippen LogP contribution in [0.1, 0.15) is 20.3 Å². The van der Waals surface area contributed by atoms with Crippen LogP contribution in [0.25, 0.3) is 0 Å². The molecule has 1 fully saturated rings. The Hall–Kier alpha value is -0.620. The van der Waals surface area contributed by atoms with E-state index in [-0.39, 0.29) is 21.4 Å². The second-order valence-electron chi connectivity index (χ2n) is 5.56. The Balaban J connectivity index is 2.25. The summed E-state index contributed by atoms with van der Waals surface area (Å²) >= 11 is 5.97. The Morgan fingerprint density at radius 3 is 2.68 bits per heavy atom. The summed E-state index contributed by atoms with van der Waals surface area (Å²) in [5.74, 6) is 0. The van der Waals surface area contributed by atoms with Crippen molar-refractivity contribution in [3.63, 3.8) is 0 Å². The molecule has 0 spiro atoms. The predicted molar refractivity (Wildman–Crippen MR) is 76.8 cm³/mol. The Bertz CT molecular complexity index is 558. The molecule has 1 aromatic carbocycles. The van der Waals surface area contributed by atoms with Crippen LogP contribution in [0.4, 0.5) is 0 Å². The second kappa shape index (κ2) is 5.40. The summed E-state index contributed by atoms with van der Waals surface area (Å²) in [6.45, 7) is 5.72. The number of hydrogen-bond donors (Lipinski definition) is 2. The molecule has 1 heterocycles. The van der Waals surface area contributed by atoms with Crippen molar-refractivity contribution in [2.45, 2.75) is 31.2 Å². The van der Waals surface area contributed by atoms with Crippen LogP contribution in [0.3, 0.4) is 0 Å². The fraction of sp³-hybridized carbons (Fsp3) is 0.538. The summed E-state index contributed by atoms with van der Waals surface area (Å²) in [4.78, 5) is 0.144. The Morgan fingerprint density at radius 1 is 1.37 bits per heavy atom. The van der Waals surface area contributed by atoms with E-state index in [0.29, 0.717) is 0 Å². The summed E-state index contributed by atoms with van der Waals surface area (Å²) in [6, 6.07) is 6.42. The molecule has 2 rings (SSSR count). The van der Waals surface area contributed by atoms with E-state index < -0.39 is 10.0 Å². The molecule has 1 atom stereocenters. The summed E-state index contributed by atoms with van der Waals surface area (Å²) in [5, 5.41) is 3.53. The van der Waals surface area contributed by atoms with E-state index in [9.17, 15) is 8.42 Å². The van der Waals surface area contributed by atoms with Gasteiger partial charge < -0.3 is 5.32 Å². The number of hydrogen-bond acceptors (Lipinski definition) is 3. The SMILES string of the molecule is CC1(C)CNCCC1NS(=O)(=O)c1ccccc1Cl. The van der Waals surface area contributed by atoms with Crippen LogP contribution in [0.2, 0.25) is 5.02 Å². The van der Waals surface area contributed by atoms with Crippen LogP contribution in [-0.2, 0) is 10.0 Å². The maximum absolute atomic E-state index is 12.4. The number of halogens is 1. The molecular formula is C13H19ClN2O2S. The maximum Gasteiger partial charge on any atom is 0.242 e. The third-order valence-electron chi connectivity index (χ3n) is 3.56. The quantitative estimate of drug-likeness (QED) is 0.898. The zero-order valence-corrected chi connectivity index (χ0v) is 12.7. The van der Waals surface area contributed by atoms with Crippen LogP contribution in [0.5, 0.6) is 0 Å². The number of rotatable bonds is 3. The van der Waals surface area contributed by atoms with Gasteiger partial charge in [-0.25, -0.2) is 13.1 Å². The minimum Gasteiger partial charge on any atom is -0.316 e. The zero-order valence-electron chi connectivity index (χ0n) is 11.1. The van der Waals surface area contributed by atoms with Gasteiger partial charge >= 0.3 is 0 Å². The number of sulfonamides is 1. The lowest BCUT2D eigenvalue weighted by molar-refractivity contribution is 0.206. The van der Waals surface area contributed by atoms with E-state index in [0.717, 1.165) is 19.5 Å². The molecule has 1 unspecified atom stereocenters. The molecule has 0 radical (unpaired) electrons. The lowest BCUT2D eigenvalue weighted by atomic mass is 9.81. The van der Waals surface area contributed by atoms with Gasteiger partial charge in [0.25, 0.3) is 0 Å². The highest BCUT2D eigenvalue weighted by Gasteiger charge is 2.35. The van der Waals surface area contributed by atoms with Crippen molar-refractivity contribution in [2.75, 3.05) is 13.1 Å². The fourth-order valence-corrected chi connectivity index (χ4v) is 4.26. The van der Waals surface area contributed by atoms with Crippen molar-refractivity contribution in [3.8, 4) is 0 Å². The van der Waals surface area contributed by atoms with Gasteiger partial charge in [-0.15, -0.1) is 0 Å². The average molecular weight is 303 g/mol. The molecule has 1 aliphatic heterocycles. The van der Waals surface area contributed by atoms with Gasteiger partial charge in [0.1, 0.15) is 4.90 Å². The molecule has 0 aromatic heterocycles. The van der Waals surface area contributed by atoms with Gasteiger partial charge in [-0.2, -0.15) is 0 Å². The normalized spacial score (nSPS) is 23.2. The van der Waals surface area contributed by atoms with Gasteiger partial charge in [0.2, 0.25) is 10.0 Å². The topological polar surface area (TPSA) is 58.2 Å². The molecule has 0 amide bonds. The van der Waals surface area contributed by atoms with Crippen molar-refractivity contribution >= 4 is 21.6 Å². The minimum atomic E-state index is -3.57. The first-order valence-electron chi connectivity index (χ1n) is 6.30. The van der Waals surface area contributed by atoms with Gasteiger partial charge in [0, 0.05) is 12.6 Å². The average Bonchev–Trinajstić information content (AvgIpc) is 2.32. The molecule has 1 aromatic rings. The molecule has 6 heteroatoms. The Labute approximate surface area is 119 Å². The molecule has 0 aliphatic carbocycles. The first kappa shape index (κ1) is 14.8. The maximum atomic E-state index is 12.4. The summed E-state index contributed by atoms with van der Waals surface area (Å²) in [7, 11) is -3.57. The van der Waals surface area contributed by atoms with E-state index in [1.165, 1.54) is 6.07 Å². The minimum absolute atomic E-state index is 0.0879. The third kappa shape index (κ3) is 3.28. The summed E-state index contributed by atoms with van der Waals surface area (Å²) in [6.07, 6.45) is 0.774. The lowest BCUT2D eigenvalue weighted by Gasteiger charge is -2.39. The molecule has 0 saturated carbocycles. The second-order valence-corrected chi connectivity index (χ2v) is 7.65. The summed E-state index contributed by atoms with van der Waals surface area (Å²) in [5.41, 5.74) is -0.118. The van der Waals surface area contributed by atoms with E-state index in [2.05, 4.69) is 23.9 Å². The molecule has 4 nitrogen and oxygen atoms in total. The van der Waals surface area contributed by atoms with Gasteiger partial charge in [-0.1, -0.05) is 37.6 Å². The zero-order chi connectivity index (χ0) is 14.1. The predicted octanol–water partition coefficient (Wildman–Crippen LogP) is 2.01. The highest BCUT2D eigenvalue weighted by molar-refractivity contribution is 7.89. The third-order valence-corrected chi connectivity index (χ3v) is 5.53. The molecular weight excluding hydrogens is 284 g/mol. The molecule has 1 aliphatic rings. The van der Waals surface area contributed by atoms with E-state index in [1.54, 1.807) is 18.2 Å². The van der Waals surface area contributed by atoms with E-state index >= 15 is 0 Å². The standard InChI is InChI=1S/C13H19ClN2O2S/c1-13(2)9-15-8-7-12(13)16-19(17,18)11-6-4-3-5-10(11)14/h3-6,12,15-16H,7-9H2,1-2H3. The van der Waals surface area contributed by atoms with Crippen LogP contribution >= 0.6 is 11.6 Å². The van der Waals surface area contributed by atoms with Gasteiger partial charge in [-0.3, -0.25) is 0 Å². The number of benzene rings is 1. The van der Waals surface area contributed by atoms with Gasteiger partial charge in [0.05, 0.1) is 5.02 Å². The molecule has 2 N–H and O–H groups in total. The van der Waals surface area contributed by atoms with Gasteiger partial charge in [-0.05, 0) is 30.5 Å². The van der Waals surface area contributed by atoms with Crippen molar-refractivity contribution in [3.05, 3.63) is 29.3 Å². The molecule has 19 heavy (non-hydrogen) atoms. The van der Waals surface area contributed by atoms with Crippen molar-refractivity contribution in [2.24, 2.45) is 5.41 Å². The van der Waals surface area contributed by atoms with E-state index in [1.807, 2.05) is 0 Å². The Kier molecular flexibility index (Phi) is 4.20. The van der Waals surface area contributed by atoms with E-state index in [4.69, 9.17) is 11.6 Å². The number of piperidine rings is 1. The van der Waals surface area contributed by atoms with Crippen LogP contribution in [0, 0.1) is 5.41 Å². The largest absolute Gasteiger partial charge is 0.316 e. The van der Waals surface area contributed by atoms with Crippen molar-refractivity contribution < 1.29 is 8.42 Å². The van der Waals surface area contributed by atoms with Crippen LogP contribution in [0.15, 0.2) is 29.2 Å². The van der Waals surface area contributed by atoms with Crippen molar-refractivity contribution in [1.29, 1.82) is 0 Å². The lowest BCUT2D eigenvalue weighted by Crippen LogP contribution is -2.54. The molecule has 1 saturated heterocycles. The van der Waals surface area contributed by atoms with Gasteiger partial charge in [0.15, 0.2) is 0 Å². The molecule has 0 bridgehead atoms. The fourth-order valence-electron chi connectivity index (χ4n) is 2.30. The Morgan fingerprint density at radius 2 is 2.05 bits per heavy atom. The van der Waals surface area contributed by atoms with Crippen LogP contribution in [-0.4, -0.2) is 27.5 Å². The monoisotopic (exact) mass is 302 g/mol. The highest BCUT2D eigenvalue weighted by Crippen LogP contribution is 2.28. The number of nitrogens with one attached hydrogen (secondary N) is 2. The first-order valence-corrected chi connectivity index (χ1v) is 8.17. The van der Waals surface area contributed by atoms with Crippen LogP contribution < -0.4 is 10.0 Å². The highest BCUT2D eigenvalue weighted by atomic mass is 35.5. The van der Waals surface area contributed by atoms with Crippen molar-refractivity contribution in [1.82, 2.24) is 10.0 Å². The summed E-state index contributed by atoms with van der Waals surface area (Å²) < 4.78 is 27.6. The smallest absolute Gasteiger partial charge is 0.242 e.